The highest BCUT2D eigenvalue weighted by Crippen LogP contribution is 2.28. The highest BCUT2D eigenvalue weighted by Gasteiger charge is 2.06. The summed E-state index contributed by atoms with van der Waals surface area (Å²) in [6.45, 7) is 6.56. The molecule has 0 aliphatic carbocycles. The third-order valence-corrected chi connectivity index (χ3v) is 4.08. The van der Waals surface area contributed by atoms with E-state index in [9.17, 15) is 0 Å². The number of hydrogen-bond donors (Lipinski definition) is 0. The van der Waals surface area contributed by atoms with Crippen LogP contribution >= 0.6 is 11.3 Å². The smallest absolute Gasteiger partial charge is 0.0801 e. The van der Waals surface area contributed by atoms with Crippen molar-refractivity contribution in [3.8, 4) is 10.4 Å². The Morgan fingerprint density at radius 2 is 1.94 bits per heavy atom. The maximum absolute atomic E-state index is 4.29. The molecule has 0 radical (unpaired) electrons. The summed E-state index contributed by atoms with van der Waals surface area (Å²) in [4.78, 5) is 5.57. The zero-order valence-electron chi connectivity index (χ0n) is 10.0. The van der Waals surface area contributed by atoms with Gasteiger partial charge in [-0.25, -0.2) is 4.98 Å². The summed E-state index contributed by atoms with van der Waals surface area (Å²) >= 11 is 1.71. The van der Waals surface area contributed by atoms with Crippen molar-refractivity contribution >= 4 is 11.3 Å². The summed E-state index contributed by atoms with van der Waals surface area (Å²) in [5.41, 5.74) is 5.74. The molecule has 16 heavy (non-hydrogen) atoms. The van der Waals surface area contributed by atoms with Gasteiger partial charge in [0.15, 0.2) is 0 Å². The molecule has 0 aliphatic rings. The minimum Gasteiger partial charge on any atom is -0.249 e. The Labute approximate surface area is 101 Å². The molecule has 0 fully saturated rings. The Balaban J connectivity index is 2.30. The summed E-state index contributed by atoms with van der Waals surface area (Å²) in [7, 11) is 0. The first-order valence-electron chi connectivity index (χ1n) is 5.72. The number of aromatic nitrogens is 1. The van der Waals surface area contributed by atoms with Crippen molar-refractivity contribution in [1.29, 1.82) is 0 Å². The maximum atomic E-state index is 4.29. The number of rotatable bonds is 3. The summed E-state index contributed by atoms with van der Waals surface area (Å²) in [6.07, 6.45) is 1.19. The topological polar surface area (TPSA) is 12.9 Å². The fourth-order valence-electron chi connectivity index (χ4n) is 1.78. The lowest BCUT2D eigenvalue weighted by Gasteiger charge is -2.09. The summed E-state index contributed by atoms with van der Waals surface area (Å²) < 4.78 is 0. The average molecular weight is 231 g/mol. The van der Waals surface area contributed by atoms with Gasteiger partial charge in [0.2, 0.25) is 0 Å². The van der Waals surface area contributed by atoms with E-state index in [1.54, 1.807) is 11.3 Å². The molecule has 1 aromatic carbocycles. The molecule has 0 amide bonds. The van der Waals surface area contributed by atoms with Gasteiger partial charge in [0.25, 0.3) is 0 Å². The molecule has 1 aromatic heterocycles. The number of aryl methyl sites for hydroxylation is 1. The molecule has 1 heterocycles. The van der Waals surface area contributed by atoms with Crippen LogP contribution in [0, 0.1) is 6.92 Å². The fraction of sp³-hybridized carbons (Fsp3) is 0.357. The zero-order valence-corrected chi connectivity index (χ0v) is 10.8. The molecule has 0 bridgehead atoms. The van der Waals surface area contributed by atoms with Gasteiger partial charge in [-0.1, -0.05) is 38.1 Å². The lowest BCUT2D eigenvalue weighted by Crippen LogP contribution is -1.90. The monoisotopic (exact) mass is 231 g/mol. The first kappa shape index (κ1) is 11.3. The van der Waals surface area contributed by atoms with Crippen LogP contribution in [0.5, 0.6) is 0 Å². The Morgan fingerprint density at radius 1 is 1.25 bits per heavy atom. The van der Waals surface area contributed by atoms with Crippen LogP contribution in [0.4, 0.5) is 0 Å². The van der Waals surface area contributed by atoms with Crippen LogP contribution < -0.4 is 0 Å². The van der Waals surface area contributed by atoms with E-state index in [0.29, 0.717) is 5.92 Å². The van der Waals surface area contributed by atoms with E-state index < -0.39 is 0 Å². The largest absolute Gasteiger partial charge is 0.249 e. The molecule has 2 aromatic rings. The lowest BCUT2D eigenvalue weighted by molar-refractivity contribution is 0.734. The number of hydrogen-bond acceptors (Lipinski definition) is 2. The predicted molar refractivity (Wildman–Crippen MR) is 71.0 cm³/mol. The second-order valence-electron chi connectivity index (χ2n) is 4.20. The van der Waals surface area contributed by atoms with E-state index in [-0.39, 0.29) is 0 Å². The Bertz CT molecular complexity index is 456. The highest BCUT2D eigenvalue weighted by molar-refractivity contribution is 7.13. The van der Waals surface area contributed by atoms with Crippen LogP contribution in [0.15, 0.2) is 29.8 Å². The van der Waals surface area contributed by atoms with Crippen LogP contribution in [0.2, 0.25) is 0 Å². The molecule has 0 saturated heterocycles. The standard InChI is InChI=1S/C14H17NS/c1-4-10(2)12-5-7-13(8-6-12)14-11(3)15-9-16-14/h5-10H,4H2,1-3H3/t10-/m0/s1. The van der Waals surface area contributed by atoms with Crippen LogP contribution in [-0.2, 0) is 0 Å². The number of nitrogens with zero attached hydrogens (tertiary/aromatic N) is 1. The third kappa shape index (κ3) is 2.17. The quantitative estimate of drug-likeness (QED) is 0.750. The van der Waals surface area contributed by atoms with Gasteiger partial charge in [0, 0.05) is 0 Å². The van der Waals surface area contributed by atoms with Crippen LogP contribution in [0.1, 0.15) is 37.4 Å². The van der Waals surface area contributed by atoms with Gasteiger partial charge in [0.1, 0.15) is 0 Å². The Hall–Kier alpha value is -1.15. The first-order valence-corrected chi connectivity index (χ1v) is 6.60. The summed E-state index contributed by atoms with van der Waals surface area (Å²) in [5.74, 6) is 0.650. The molecule has 0 N–H and O–H groups in total. The average Bonchev–Trinajstić information content (AvgIpc) is 2.75. The maximum Gasteiger partial charge on any atom is 0.0801 e. The van der Waals surface area contributed by atoms with Gasteiger partial charge >= 0.3 is 0 Å². The minimum atomic E-state index is 0.650. The van der Waals surface area contributed by atoms with E-state index >= 15 is 0 Å². The molecular weight excluding hydrogens is 214 g/mol. The second kappa shape index (κ2) is 4.79. The van der Waals surface area contributed by atoms with Crippen molar-refractivity contribution in [2.75, 3.05) is 0 Å². The predicted octanol–water partition coefficient (Wildman–Crippen LogP) is 4.63. The van der Waals surface area contributed by atoms with Gasteiger partial charge in [-0.15, -0.1) is 11.3 Å². The van der Waals surface area contributed by atoms with Crippen molar-refractivity contribution in [2.24, 2.45) is 0 Å². The van der Waals surface area contributed by atoms with Gasteiger partial charge in [-0.3, -0.25) is 0 Å². The first-order chi connectivity index (χ1) is 7.72. The summed E-state index contributed by atoms with van der Waals surface area (Å²) in [5, 5.41) is 0. The van der Waals surface area contributed by atoms with Crippen molar-refractivity contribution in [2.45, 2.75) is 33.1 Å². The van der Waals surface area contributed by atoms with Gasteiger partial charge in [-0.2, -0.15) is 0 Å². The van der Waals surface area contributed by atoms with Gasteiger partial charge in [0.05, 0.1) is 16.1 Å². The van der Waals surface area contributed by atoms with Crippen LogP contribution in [-0.4, -0.2) is 4.98 Å². The zero-order chi connectivity index (χ0) is 11.5. The van der Waals surface area contributed by atoms with Gasteiger partial charge < -0.3 is 0 Å². The van der Waals surface area contributed by atoms with E-state index in [1.807, 2.05) is 5.51 Å². The van der Waals surface area contributed by atoms with Crippen LogP contribution in [0.3, 0.4) is 0 Å². The summed E-state index contributed by atoms with van der Waals surface area (Å²) in [6, 6.07) is 8.90. The lowest BCUT2D eigenvalue weighted by atomic mass is 9.97. The molecule has 0 aliphatic heterocycles. The van der Waals surface area contributed by atoms with Crippen molar-refractivity contribution in [1.82, 2.24) is 4.98 Å². The second-order valence-corrected chi connectivity index (χ2v) is 5.05. The Kier molecular flexibility index (Phi) is 3.39. The van der Waals surface area contributed by atoms with Crippen molar-refractivity contribution < 1.29 is 0 Å². The third-order valence-electron chi connectivity index (χ3n) is 3.10. The molecule has 1 atom stereocenters. The Morgan fingerprint density at radius 3 is 2.44 bits per heavy atom. The molecule has 84 valence electrons. The molecule has 0 saturated carbocycles. The number of thiazole rings is 1. The molecule has 0 unspecified atom stereocenters. The highest BCUT2D eigenvalue weighted by atomic mass is 32.1. The van der Waals surface area contributed by atoms with E-state index in [4.69, 9.17) is 0 Å². The SMILES string of the molecule is CC[C@H](C)c1ccc(-c2scnc2C)cc1. The minimum absolute atomic E-state index is 0.650. The van der Waals surface area contributed by atoms with Gasteiger partial charge in [-0.05, 0) is 30.4 Å². The van der Waals surface area contributed by atoms with Crippen LogP contribution in [0.25, 0.3) is 10.4 Å². The van der Waals surface area contributed by atoms with E-state index in [0.717, 1.165) is 5.69 Å². The normalized spacial score (nSPS) is 12.7. The molecule has 1 nitrogen and oxygen atoms in total. The molecule has 0 spiro atoms. The van der Waals surface area contributed by atoms with E-state index in [2.05, 4.69) is 50.0 Å². The molecular formula is C14H17NS. The van der Waals surface area contributed by atoms with E-state index in [1.165, 1.54) is 22.4 Å². The van der Waals surface area contributed by atoms with Crippen molar-refractivity contribution in [3.05, 3.63) is 41.0 Å². The number of benzene rings is 1. The van der Waals surface area contributed by atoms with Crippen molar-refractivity contribution in [3.63, 3.8) is 0 Å². The molecule has 2 rings (SSSR count). The fourth-order valence-corrected chi connectivity index (χ4v) is 2.59. The molecule has 2 heteroatoms.